The van der Waals surface area contributed by atoms with Gasteiger partial charge in [-0.1, -0.05) is 5.10 Å². The van der Waals surface area contributed by atoms with Crippen molar-refractivity contribution in [1.82, 2.24) is 10.2 Å². The Labute approximate surface area is 68.3 Å². The predicted octanol–water partition coefficient (Wildman–Crippen LogP) is -0.0339. The van der Waals surface area contributed by atoms with Crippen molar-refractivity contribution in [2.24, 2.45) is 0 Å². The quantitative estimate of drug-likeness (QED) is 0.480. The zero-order valence-electron chi connectivity index (χ0n) is 6.74. The second-order valence-corrected chi connectivity index (χ2v) is 2.46. The number of aromatic amines is 1. The smallest absolute Gasteiger partial charge is 0.368 e. The highest BCUT2D eigenvalue weighted by Gasteiger charge is 2.19. The van der Waals surface area contributed by atoms with Gasteiger partial charge in [-0.2, -0.15) is 0 Å². The Hall–Kier alpha value is -1.79. The molecule has 0 aliphatic rings. The second kappa shape index (κ2) is 2.68. The van der Waals surface area contributed by atoms with Crippen molar-refractivity contribution in [3.05, 3.63) is 10.1 Å². The van der Waals surface area contributed by atoms with Crippen LogP contribution < -0.4 is 10.6 Å². The largest absolute Gasteiger partial charge is 0.389 e. The number of rotatable bonds is 2. The van der Waals surface area contributed by atoms with E-state index in [2.05, 4.69) is 10.2 Å². The first-order chi connectivity index (χ1) is 5.54. The summed E-state index contributed by atoms with van der Waals surface area (Å²) in [5.74, 6) is 0.111. The SMILES string of the molecule is CN(C)c1n[nH]c([N+](=O)[O-])c1N. The first-order valence-electron chi connectivity index (χ1n) is 3.19. The van der Waals surface area contributed by atoms with Gasteiger partial charge in [0.25, 0.3) is 0 Å². The topological polar surface area (TPSA) is 101 Å². The molecule has 1 aromatic heterocycles. The lowest BCUT2D eigenvalue weighted by Gasteiger charge is -2.06. The highest BCUT2D eigenvalue weighted by atomic mass is 16.6. The fourth-order valence-electron chi connectivity index (χ4n) is 0.812. The second-order valence-electron chi connectivity index (χ2n) is 2.46. The van der Waals surface area contributed by atoms with Crippen LogP contribution in [0.2, 0.25) is 0 Å². The molecule has 0 atom stereocenters. The Morgan fingerprint density at radius 2 is 2.25 bits per heavy atom. The lowest BCUT2D eigenvalue weighted by molar-refractivity contribution is -0.388. The molecule has 12 heavy (non-hydrogen) atoms. The third-order valence-electron chi connectivity index (χ3n) is 1.37. The van der Waals surface area contributed by atoms with Crippen molar-refractivity contribution in [3.8, 4) is 0 Å². The van der Waals surface area contributed by atoms with Crippen molar-refractivity contribution >= 4 is 17.3 Å². The number of hydrogen-bond donors (Lipinski definition) is 2. The minimum atomic E-state index is -0.602. The Morgan fingerprint density at radius 1 is 1.67 bits per heavy atom. The molecule has 0 aliphatic carbocycles. The van der Waals surface area contributed by atoms with E-state index in [0.717, 1.165) is 0 Å². The van der Waals surface area contributed by atoms with Crippen molar-refractivity contribution in [3.63, 3.8) is 0 Å². The summed E-state index contributed by atoms with van der Waals surface area (Å²) in [5.41, 5.74) is 5.49. The molecule has 0 aromatic carbocycles. The van der Waals surface area contributed by atoms with Crippen molar-refractivity contribution in [1.29, 1.82) is 0 Å². The average molecular weight is 171 g/mol. The summed E-state index contributed by atoms with van der Waals surface area (Å²) in [6, 6.07) is 0. The minimum absolute atomic E-state index is 0.0602. The molecule has 0 saturated carbocycles. The molecule has 66 valence electrons. The summed E-state index contributed by atoms with van der Waals surface area (Å²) in [4.78, 5) is 11.3. The van der Waals surface area contributed by atoms with E-state index < -0.39 is 4.92 Å². The third-order valence-corrected chi connectivity index (χ3v) is 1.37. The molecule has 0 aliphatic heterocycles. The van der Waals surface area contributed by atoms with E-state index in [9.17, 15) is 10.1 Å². The molecule has 0 amide bonds. The number of nitrogen functional groups attached to an aromatic ring is 1. The van der Waals surface area contributed by atoms with Crippen LogP contribution in [-0.4, -0.2) is 29.2 Å². The molecule has 0 spiro atoms. The first kappa shape index (κ1) is 8.31. The first-order valence-corrected chi connectivity index (χ1v) is 3.19. The summed E-state index contributed by atoms with van der Waals surface area (Å²) in [6.45, 7) is 0. The van der Waals surface area contributed by atoms with Gasteiger partial charge in [0, 0.05) is 14.1 Å². The number of aromatic nitrogens is 2. The van der Waals surface area contributed by atoms with Crippen LogP contribution in [0.5, 0.6) is 0 Å². The Bertz CT molecular complexity index is 305. The minimum Gasteiger partial charge on any atom is -0.389 e. The monoisotopic (exact) mass is 171 g/mol. The summed E-state index contributed by atoms with van der Waals surface area (Å²) < 4.78 is 0. The van der Waals surface area contributed by atoms with Gasteiger partial charge in [-0.15, -0.1) is 5.10 Å². The van der Waals surface area contributed by atoms with Crippen LogP contribution in [0.15, 0.2) is 0 Å². The summed E-state index contributed by atoms with van der Waals surface area (Å²) in [5, 5.41) is 16.2. The van der Waals surface area contributed by atoms with Gasteiger partial charge in [0.1, 0.15) is 0 Å². The summed E-state index contributed by atoms with van der Waals surface area (Å²) in [7, 11) is 3.41. The standard InChI is InChI=1S/C5H9N5O2/c1-9(2)4-3(6)5(8-7-4)10(11)12/h6H2,1-2H3,(H,7,8). The molecule has 7 heteroatoms. The van der Waals surface area contributed by atoms with Crippen molar-refractivity contribution < 1.29 is 4.92 Å². The van der Waals surface area contributed by atoms with E-state index in [4.69, 9.17) is 5.73 Å². The number of nitrogens with zero attached hydrogens (tertiary/aromatic N) is 3. The van der Waals surface area contributed by atoms with Gasteiger partial charge in [0.2, 0.25) is 5.82 Å². The van der Waals surface area contributed by atoms with E-state index >= 15 is 0 Å². The molecule has 3 N–H and O–H groups in total. The number of H-pyrrole nitrogens is 1. The highest BCUT2D eigenvalue weighted by molar-refractivity contribution is 5.70. The van der Waals surface area contributed by atoms with Gasteiger partial charge in [-0.05, 0) is 4.92 Å². The molecule has 7 nitrogen and oxygen atoms in total. The Balaban J connectivity index is 3.13. The van der Waals surface area contributed by atoms with Gasteiger partial charge in [-0.25, -0.2) is 0 Å². The third kappa shape index (κ3) is 1.16. The maximum absolute atomic E-state index is 10.3. The van der Waals surface area contributed by atoms with Crippen LogP contribution in [0.1, 0.15) is 0 Å². The molecule has 0 saturated heterocycles. The highest BCUT2D eigenvalue weighted by Crippen LogP contribution is 2.26. The van der Waals surface area contributed by atoms with E-state index in [-0.39, 0.29) is 11.5 Å². The maximum Gasteiger partial charge on any atom is 0.368 e. The molecule has 0 bridgehead atoms. The Morgan fingerprint density at radius 3 is 2.50 bits per heavy atom. The molecule has 0 fully saturated rings. The molecule has 0 radical (unpaired) electrons. The molecular formula is C5H9N5O2. The predicted molar refractivity (Wildman–Crippen MR) is 44.0 cm³/mol. The van der Waals surface area contributed by atoms with E-state index in [1.165, 1.54) is 0 Å². The van der Waals surface area contributed by atoms with E-state index in [1.807, 2.05) is 0 Å². The summed E-state index contributed by atoms with van der Waals surface area (Å²) in [6.07, 6.45) is 0. The molecule has 1 rings (SSSR count). The van der Waals surface area contributed by atoms with Crippen molar-refractivity contribution in [2.75, 3.05) is 24.7 Å². The van der Waals surface area contributed by atoms with Crippen LogP contribution in [0.4, 0.5) is 17.3 Å². The molecule has 1 aromatic rings. The van der Waals surface area contributed by atoms with Gasteiger partial charge in [0.05, 0.1) is 0 Å². The van der Waals surface area contributed by atoms with Gasteiger partial charge < -0.3 is 20.7 Å². The van der Waals surface area contributed by atoms with E-state index in [1.54, 1.807) is 19.0 Å². The Kier molecular flexibility index (Phi) is 1.86. The van der Waals surface area contributed by atoms with Crippen LogP contribution in [-0.2, 0) is 0 Å². The van der Waals surface area contributed by atoms with Crippen LogP contribution in [0.3, 0.4) is 0 Å². The number of nitrogens with two attached hydrogens (primary N) is 1. The van der Waals surface area contributed by atoms with Crippen LogP contribution in [0, 0.1) is 10.1 Å². The van der Waals surface area contributed by atoms with Crippen LogP contribution in [0.25, 0.3) is 0 Å². The zero-order valence-corrected chi connectivity index (χ0v) is 6.74. The lowest BCUT2D eigenvalue weighted by Crippen LogP contribution is -2.11. The molecule has 0 unspecified atom stereocenters. The number of nitro groups is 1. The summed E-state index contributed by atoms with van der Waals surface area (Å²) >= 11 is 0. The average Bonchev–Trinajstić information content (AvgIpc) is 2.30. The fraction of sp³-hybridized carbons (Fsp3) is 0.400. The van der Waals surface area contributed by atoms with Crippen LogP contribution >= 0.6 is 0 Å². The van der Waals surface area contributed by atoms with E-state index in [0.29, 0.717) is 5.82 Å². The fourth-order valence-corrected chi connectivity index (χ4v) is 0.812. The van der Waals surface area contributed by atoms with Gasteiger partial charge in [0.15, 0.2) is 5.69 Å². The number of anilines is 2. The van der Waals surface area contributed by atoms with Gasteiger partial charge >= 0.3 is 5.82 Å². The number of hydrogen-bond acceptors (Lipinski definition) is 5. The van der Waals surface area contributed by atoms with Crippen molar-refractivity contribution in [2.45, 2.75) is 0 Å². The zero-order chi connectivity index (χ0) is 9.30. The lowest BCUT2D eigenvalue weighted by atomic mass is 10.4. The maximum atomic E-state index is 10.3. The van der Waals surface area contributed by atoms with Gasteiger partial charge in [-0.3, -0.25) is 0 Å². The normalized spacial score (nSPS) is 9.83. The number of nitrogens with one attached hydrogen (secondary N) is 1. The molecular weight excluding hydrogens is 162 g/mol. The molecule has 1 heterocycles.